The molecular formula is C16H20ClNO2S. The number of benzene rings is 1. The van der Waals surface area contributed by atoms with Crippen molar-refractivity contribution in [3.05, 3.63) is 44.6 Å². The first kappa shape index (κ1) is 16.1. The lowest BCUT2D eigenvalue weighted by molar-refractivity contribution is 0.394. The molecule has 0 bridgehead atoms. The van der Waals surface area contributed by atoms with E-state index in [1.807, 2.05) is 25.1 Å². The van der Waals surface area contributed by atoms with Crippen LogP contribution in [0.4, 0.5) is 0 Å². The van der Waals surface area contributed by atoms with Crippen molar-refractivity contribution in [2.45, 2.75) is 19.9 Å². The van der Waals surface area contributed by atoms with E-state index in [0.29, 0.717) is 0 Å². The fourth-order valence-corrected chi connectivity index (χ4v) is 3.65. The minimum Gasteiger partial charge on any atom is -0.497 e. The molecular weight excluding hydrogens is 306 g/mol. The Morgan fingerprint density at radius 3 is 2.57 bits per heavy atom. The van der Waals surface area contributed by atoms with Gasteiger partial charge >= 0.3 is 0 Å². The second-order valence-electron chi connectivity index (χ2n) is 4.70. The average molecular weight is 326 g/mol. The lowest BCUT2D eigenvalue weighted by Gasteiger charge is -2.21. The van der Waals surface area contributed by atoms with E-state index in [-0.39, 0.29) is 6.04 Å². The van der Waals surface area contributed by atoms with Crippen LogP contribution in [0.25, 0.3) is 0 Å². The standard InChI is InChI=1S/C16H20ClNO2S/c1-5-18-15(16-14(17)10(2)9-21-16)12-8-11(19-3)6-7-13(12)20-4/h6-9,15,18H,5H2,1-4H3. The first-order valence-corrected chi connectivity index (χ1v) is 8.06. The highest BCUT2D eigenvalue weighted by Crippen LogP contribution is 2.39. The second kappa shape index (κ2) is 7.16. The van der Waals surface area contributed by atoms with Gasteiger partial charge in [-0.15, -0.1) is 11.3 Å². The predicted octanol–water partition coefficient (Wildman–Crippen LogP) is 4.43. The molecule has 0 saturated heterocycles. The van der Waals surface area contributed by atoms with Crippen LogP contribution < -0.4 is 14.8 Å². The molecule has 1 atom stereocenters. The van der Waals surface area contributed by atoms with Crippen molar-refractivity contribution in [2.75, 3.05) is 20.8 Å². The molecule has 0 aliphatic carbocycles. The topological polar surface area (TPSA) is 30.5 Å². The van der Waals surface area contributed by atoms with E-state index < -0.39 is 0 Å². The summed E-state index contributed by atoms with van der Waals surface area (Å²) in [5.41, 5.74) is 2.13. The number of hydrogen-bond acceptors (Lipinski definition) is 4. The van der Waals surface area contributed by atoms with E-state index in [0.717, 1.165) is 39.1 Å². The highest BCUT2D eigenvalue weighted by Gasteiger charge is 2.23. The maximum Gasteiger partial charge on any atom is 0.124 e. The van der Waals surface area contributed by atoms with Gasteiger partial charge in [-0.1, -0.05) is 18.5 Å². The van der Waals surface area contributed by atoms with E-state index in [4.69, 9.17) is 21.1 Å². The number of halogens is 1. The molecule has 0 amide bonds. The molecule has 3 nitrogen and oxygen atoms in total. The maximum atomic E-state index is 6.46. The molecule has 1 heterocycles. The molecule has 0 fully saturated rings. The van der Waals surface area contributed by atoms with Crippen molar-refractivity contribution < 1.29 is 9.47 Å². The average Bonchev–Trinajstić information content (AvgIpc) is 2.84. The summed E-state index contributed by atoms with van der Waals surface area (Å²) in [6.45, 7) is 4.93. The summed E-state index contributed by atoms with van der Waals surface area (Å²) < 4.78 is 10.8. The number of hydrogen-bond donors (Lipinski definition) is 1. The number of thiophene rings is 1. The summed E-state index contributed by atoms with van der Waals surface area (Å²) in [6.07, 6.45) is 0. The van der Waals surface area contributed by atoms with E-state index in [9.17, 15) is 0 Å². The van der Waals surface area contributed by atoms with Gasteiger partial charge in [0.2, 0.25) is 0 Å². The van der Waals surface area contributed by atoms with Crippen molar-refractivity contribution in [1.29, 1.82) is 0 Å². The molecule has 2 aromatic rings. The molecule has 2 rings (SSSR count). The van der Waals surface area contributed by atoms with Crippen molar-refractivity contribution >= 4 is 22.9 Å². The molecule has 0 spiro atoms. The van der Waals surface area contributed by atoms with Gasteiger partial charge in [0.15, 0.2) is 0 Å². The molecule has 21 heavy (non-hydrogen) atoms. The number of ether oxygens (including phenoxy) is 2. The largest absolute Gasteiger partial charge is 0.497 e. The van der Waals surface area contributed by atoms with E-state index in [1.54, 1.807) is 25.6 Å². The summed E-state index contributed by atoms with van der Waals surface area (Å²) in [7, 11) is 3.34. The Bertz CT molecular complexity index is 612. The van der Waals surface area contributed by atoms with Gasteiger partial charge in [-0.25, -0.2) is 0 Å². The Morgan fingerprint density at radius 2 is 2.05 bits per heavy atom. The first-order chi connectivity index (χ1) is 10.1. The second-order valence-corrected chi connectivity index (χ2v) is 5.98. The molecule has 1 N–H and O–H groups in total. The molecule has 0 aliphatic heterocycles. The Balaban J connectivity index is 2.54. The van der Waals surface area contributed by atoms with E-state index in [1.165, 1.54) is 0 Å². The van der Waals surface area contributed by atoms with Crippen LogP contribution in [0.5, 0.6) is 11.5 Å². The van der Waals surface area contributed by atoms with Gasteiger partial charge < -0.3 is 14.8 Å². The van der Waals surface area contributed by atoms with Crippen molar-refractivity contribution in [3.8, 4) is 11.5 Å². The number of rotatable bonds is 6. The van der Waals surface area contributed by atoms with Crippen LogP contribution in [0.3, 0.4) is 0 Å². The summed E-state index contributed by atoms with van der Waals surface area (Å²) in [6, 6.07) is 5.81. The minimum atomic E-state index is -0.00810. The Hall–Kier alpha value is -1.23. The maximum absolute atomic E-state index is 6.46. The van der Waals surface area contributed by atoms with Crippen molar-refractivity contribution in [1.82, 2.24) is 5.32 Å². The third-order valence-electron chi connectivity index (χ3n) is 3.34. The Labute approximate surface area is 134 Å². The first-order valence-electron chi connectivity index (χ1n) is 6.81. The zero-order valence-electron chi connectivity index (χ0n) is 12.7. The lowest BCUT2D eigenvalue weighted by Crippen LogP contribution is -2.22. The summed E-state index contributed by atoms with van der Waals surface area (Å²) in [4.78, 5) is 1.10. The van der Waals surface area contributed by atoms with Crippen LogP contribution in [-0.4, -0.2) is 20.8 Å². The third-order valence-corrected chi connectivity index (χ3v) is 5.12. The molecule has 0 radical (unpaired) electrons. The quantitative estimate of drug-likeness (QED) is 0.852. The van der Waals surface area contributed by atoms with Crippen molar-refractivity contribution in [2.24, 2.45) is 0 Å². The fraction of sp³-hybridized carbons (Fsp3) is 0.375. The van der Waals surface area contributed by atoms with Gasteiger partial charge in [0, 0.05) is 10.4 Å². The van der Waals surface area contributed by atoms with Crippen LogP contribution in [0.15, 0.2) is 23.6 Å². The summed E-state index contributed by atoms with van der Waals surface area (Å²) in [5.74, 6) is 1.63. The van der Waals surface area contributed by atoms with Gasteiger partial charge in [-0.2, -0.15) is 0 Å². The van der Waals surface area contributed by atoms with Gasteiger partial charge in [-0.05, 0) is 42.6 Å². The highest BCUT2D eigenvalue weighted by atomic mass is 35.5. The van der Waals surface area contributed by atoms with Crippen molar-refractivity contribution in [3.63, 3.8) is 0 Å². The lowest BCUT2D eigenvalue weighted by atomic mass is 10.0. The van der Waals surface area contributed by atoms with Gasteiger partial charge in [0.1, 0.15) is 11.5 Å². The van der Waals surface area contributed by atoms with E-state index in [2.05, 4.69) is 17.6 Å². The van der Waals surface area contributed by atoms with Gasteiger partial charge in [-0.3, -0.25) is 0 Å². The smallest absolute Gasteiger partial charge is 0.124 e. The fourth-order valence-electron chi connectivity index (χ4n) is 2.26. The number of nitrogens with one attached hydrogen (secondary N) is 1. The zero-order valence-corrected chi connectivity index (χ0v) is 14.3. The summed E-state index contributed by atoms with van der Waals surface area (Å²) in [5, 5.41) is 6.38. The Morgan fingerprint density at radius 1 is 1.29 bits per heavy atom. The van der Waals surface area contributed by atoms with Crippen LogP contribution in [0.1, 0.15) is 29.0 Å². The van der Waals surface area contributed by atoms with Gasteiger partial charge in [0.05, 0.1) is 25.3 Å². The predicted molar refractivity (Wildman–Crippen MR) is 89.1 cm³/mol. The molecule has 114 valence electrons. The number of methoxy groups -OCH3 is 2. The van der Waals surface area contributed by atoms with E-state index >= 15 is 0 Å². The summed E-state index contributed by atoms with van der Waals surface area (Å²) >= 11 is 8.12. The molecule has 1 unspecified atom stereocenters. The zero-order chi connectivity index (χ0) is 15.4. The molecule has 0 saturated carbocycles. The molecule has 0 aliphatic rings. The van der Waals surface area contributed by atoms with Crippen LogP contribution >= 0.6 is 22.9 Å². The SMILES string of the molecule is CCNC(c1cc(OC)ccc1OC)c1scc(C)c1Cl. The molecule has 1 aromatic carbocycles. The molecule has 1 aromatic heterocycles. The van der Waals surface area contributed by atoms with Crippen LogP contribution in [0.2, 0.25) is 5.02 Å². The monoisotopic (exact) mass is 325 g/mol. The third kappa shape index (κ3) is 3.34. The normalized spacial score (nSPS) is 12.2. The number of aryl methyl sites for hydroxylation is 1. The Kier molecular flexibility index (Phi) is 5.51. The molecule has 5 heteroatoms. The van der Waals surface area contributed by atoms with Crippen LogP contribution in [-0.2, 0) is 0 Å². The van der Waals surface area contributed by atoms with Crippen LogP contribution in [0, 0.1) is 6.92 Å². The van der Waals surface area contributed by atoms with Gasteiger partial charge in [0.25, 0.3) is 0 Å². The highest BCUT2D eigenvalue weighted by molar-refractivity contribution is 7.10. The minimum absolute atomic E-state index is 0.00810.